The van der Waals surface area contributed by atoms with Gasteiger partial charge in [0.2, 0.25) is 0 Å². The van der Waals surface area contributed by atoms with Crippen LogP contribution in [-0.2, 0) is 11.2 Å². The van der Waals surface area contributed by atoms with Crippen LogP contribution in [0, 0.1) is 0 Å². The van der Waals surface area contributed by atoms with Crippen molar-refractivity contribution in [3.63, 3.8) is 0 Å². The topological polar surface area (TPSA) is 75.0 Å². The van der Waals surface area contributed by atoms with Gasteiger partial charge in [-0.15, -0.1) is 0 Å². The Morgan fingerprint density at radius 1 is 1.03 bits per heavy atom. The summed E-state index contributed by atoms with van der Waals surface area (Å²) in [7, 11) is 4.95. The Hall–Kier alpha value is -3.36. The lowest BCUT2D eigenvalue weighted by molar-refractivity contribution is 0.0959. The summed E-state index contributed by atoms with van der Waals surface area (Å²) in [6.45, 7) is 0.506. The molecule has 4 aromatic rings. The number of hydrogen-bond donors (Lipinski definition) is 1. The molecule has 5 rings (SSSR count). The molecule has 0 saturated carbocycles. The Kier molecular flexibility index (Phi) is 6.02. The number of ether oxygens (including phenoxy) is 4. The fourth-order valence-corrected chi connectivity index (χ4v) is 4.96. The van der Waals surface area contributed by atoms with Crippen LogP contribution in [0.15, 0.2) is 64.0 Å². The fourth-order valence-electron chi connectivity index (χ4n) is 4.12. The molecule has 0 amide bonds. The molecule has 0 spiro atoms. The lowest BCUT2D eigenvalue weighted by atomic mass is 9.95. The number of anilines is 1. The van der Waals surface area contributed by atoms with Crippen molar-refractivity contribution in [2.75, 3.05) is 32.7 Å². The monoisotopic (exact) mass is 464 g/mol. The van der Waals surface area contributed by atoms with Gasteiger partial charge in [-0.05, 0) is 41.3 Å². The Bertz CT molecular complexity index is 1250. The van der Waals surface area contributed by atoms with Crippen molar-refractivity contribution in [2.24, 2.45) is 0 Å². The van der Waals surface area contributed by atoms with Crippen LogP contribution in [0.5, 0.6) is 17.2 Å². The maximum absolute atomic E-state index is 6.34. The van der Waals surface area contributed by atoms with Crippen molar-refractivity contribution in [1.82, 2.24) is 5.16 Å². The van der Waals surface area contributed by atoms with E-state index in [1.807, 2.05) is 42.5 Å². The van der Waals surface area contributed by atoms with Gasteiger partial charge < -0.3 is 28.2 Å². The molecular formula is C25H24N2O5S. The lowest BCUT2D eigenvalue weighted by Crippen LogP contribution is -2.19. The van der Waals surface area contributed by atoms with Crippen molar-refractivity contribution in [3.05, 3.63) is 60.2 Å². The quantitative estimate of drug-likeness (QED) is 0.339. The van der Waals surface area contributed by atoms with Crippen LogP contribution in [0.4, 0.5) is 5.82 Å². The standard InChI is InChI=1S/C25H24N2O5S/c1-28-14-16-12-18-17(15-8-5-4-6-9-15)13-21-22(23(18)31-16)25(26-32-21)27-33-24-19(29-2)10-7-11-20(24)30-3/h4-11,13,16H,12,14H2,1-3H3,(H,26,27). The molecule has 1 aliphatic heterocycles. The van der Waals surface area contributed by atoms with E-state index in [-0.39, 0.29) is 6.10 Å². The summed E-state index contributed by atoms with van der Waals surface area (Å²) in [6, 6.07) is 17.9. The first-order chi connectivity index (χ1) is 16.2. The van der Waals surface area contributed by atoms with Gasteiger partial charge >= 0.3 is 0 Å². The van der Waals surface area contributed by atoms with Gasteiger partial charge in [-0.3, -0.25) is 0 Å². The average Bonchev–Trinajstić information content (AvgIpc) is 3.46. The second kappa shape index (κ2) is 9.25. The van der Waals surface area contributed by atoms with E-state index in [9.17, 15) is 0 Å². The van der Waals surface area contributed by atoms with E-state index in [0.29, 0.717) is 29.5 Å². The maximum Gasteiger partial charge on any atom is 0.191 e. The molecule has 0 saturated heterocycles. The molecule has 7 nitrogen and oxygen atoms in total. The first kappa shape index (κ1) is 21.5. The van der Waals surface area contributed by atoms with Gasteiger partial charge in [-0.25, -0.2) is 0 Å². The minimum absolute atomic E-state index is 0.0669. The first-order valence-electron chi connectivity index (χ1n) is 10.5. The van der Waals surface area contributed by atoms with E-state index >= 15 is 0 Å². The zero-order valence-corrected chi connectivity index (χ0v) is 19.4. The summed E-state index contributed by atoms with van der Waals surface area (Å²) in [5, 5.41) is 5.11. The van der Waals surface area contributed by atoms with Crippen LogP contribution in [0.1, 0.15) is 5.56 Å². The van der Waals surface area contributed by atoms with Crippen molar-refractivity contribution in [1.29, 1.82) is 0 Å². The number of nitrogens with one attached hydrogen (secondary N) is 1. The molecule has 0 bridgehead atoms. The molecule has 0 aliphatic carbocycles. The van der Waals surface area contributed by atoms with E-state index < -0.39 is 0 Å². The minimum atomic E-state index is -0.0669. The molecule has 1 aromatic heterocycles. The molecule has 1 N–H and O–H groups in total. The summed E-state index contributed by atoms with van der Waals surface area (Å²) >= 11 is 1.35. The largest absolute Gasteiger partial charge is 0.495 e. The highest BCUT2D eigenvalue weighted by Gasteiger charge is 2.31. The third-order valence-corrected chi connectivity index (χ3v) is 6.51. The Balaban J connectivity index is 1.56. The van der Waals surface area contributed by atoms with Gasteiger partial charge in [0.25, 0.3) is 0 Å². The van der Waals surface area contributed by atoms with E-state index in [1.54, 1.807) is 21.3 Å². The van der Waals surface area contributed by atoms with E-state index in [0.717, 1.165) is 39.1 Å². The molecule has 170 valence electrons. The number of hydrogen-bond acceptors (Lipinski definition) is 8. The van der Waals surface area contributed by atoms with Crippen molar-refractivity contribution < 1.29 is 23.5 Å². The normalized spacial score (nSPS) is 14.7. The second-order valence-corrected chi connectivity index (χ2v) is 8.41. The van der Waals surface area contributed by atoms with E-state index in [2.05, 4.69) is 22.0 Å². The summed E-state index contributed by atoms with van der Waals surface area (Å²) in [5.41, 5.74) is 3.97. The molecule has 0 fully saturated rings. The van der Waals surface area contributed by atoms with Crippen LogP contribution in [0.2, 0.25) is 0 Å². The predicted octanol–water partition coefficient (Wildman–Crippen LogP) is 5.58. The third-order valence-electron chi connectivity index (χ3n) is 5.61. The lowest BCUT2D eigenvalue weighted by Gasteiger charge is -2.13. The van der Waals surface area contributed by atoms with E-state index in [1.165, 1.54) is 11.9 Å². The molecule has 1 unspecified atom stereocenters. The van der Waals surface area contributed by atoms with Crippen LogP contribution in [-0.4, -0.2) is 39.2 Å². The van der Waals surface area contributed by atoms with Crippen LogP contribution >= 0.6 is 11.9 Å². The molecule has 3 aromatic carbocycles. The summed E-state index contributed by atoms with van der Waals surface area (Å²) < 4.78 is 31.8. The predicted molar refractivity (Wildman–Crippen MR) is 128 cm³/mol. The molecule has 8 heteroatoms. The molecule has 1 aliphatic rings. The minimum Gasteiger partial charge on any atom is -0.495 e. The highest BCUT2D eigenvalue weighted by atomic mass is 32.2. The van der Waals surface area contributed by atoms with Gasteiger partial charge in [0, 0.05) is 19.1 Å². The number of rotatable bonds is 8. The number of fused-ring (bicyclic) bond motifs is 3. The fraction of sp³-hybridized carbons (Fsp3) is 0.240. The Labute approximate surface area is 196 Å². The maximum atomic E-state index is 6.34. The first-order valence-corrected chi connectivity index (χ1v) is 11.3. The van der Waals surface area contributed by atoms with Gasteiger partial charge in [0.15, 0.2) is 11.4 Å². The molecule has 33 heavy (non-hydrogen) atoms. The number of aromatic nitrogens is 1. The summed E-state index contributed by atoms with van der Waals surface area (Å²) in [4.78, 5) is 0.814. The van der Waals surface area contributed by atoms with Crippen molar-refractivity contribution >= 4 is 28.7 Å². The van der Waals surface area contributed by atoms with Crippen LogP contribution < -0.4 is 18.9 Å². The third kappa shape index (κ3) is 3.96. The highest BCUT2D eigenvalue weighted by molar-refractivity contribution is 8.00. The van der Waals surface area contributed by atoms with Crippen LogP contribution in [0.25, 0.3) is 22.1 Å². The average molecular weight is 465 g/mol. The van der Waals surface area contributed by atoms with Gasteiger partial charge in [-0.1, -0.05) is 41.6 Å². The highest BCUT2D eigenvalue weighted by Crippen LogP contribution is 2.47. The molecule has 1 atom stereocenters. The number of nitrogens with zero attached hydrogens (tertiary/aromatic N) is 1. The molecule has 2 heterocycles. The molecule has 0 radical (unpaired) electrons. The van der Waals surface area contributed by atoms with Crippen LogP contribution in [0.3, 0.4) is 0 Å². The van der Waals surface area contributed by atoms with Crippen molar-refractivity contribution in [2.45, 2.75) is 17.4 Å². The van der Waals surface area contributed by atoms with Gasteiger partial charge in [0.1, 0.15) is 33.6 Å². The summed E-state index contributed by atoms with van der Waals surface area (Å²) in [5.74, 6) is 2.77. The second-order valence-electron chi connectivity index (χ2n) is 7.60. The molecular weight excluding hydrogens is 440 g/mol. The van der Waals surface area contributed by atoms with E-state index in [4.69, 9.17) is 23.5 Å². The summed E-state index contributed by atoms with van der Waals surface area (Å²) in [6.07, 6.45) is 0.685. The zero-order chi connectivity index (χ0) is 22.8. The SMILES string of the molecule is COCC1Cc2c(-c3ccccc3)cc3onc(NSc4c(OC)cccc4OC)c3c2O1. The van der Waals surface area contributed by atoms with Gasteiger partial charge in [-0.2, -0.15) is 0 Å². The van der Waals surface area contributed by atoms with Crippen molar-refractivity contribution in [3.8, 4) is 28.4 Å². The Morgan fingerprint density at radius 3 is 2.48 bits per heavy atom. The van der Waals surface area contributed by atoms with Gasteiger partial charge in [0.05, 0.1) is 20.8 Å². The smallest absolute Gasteiger partial charge is 0.191 e. The Morgan fingerprint density at radius 2 is 1.79 bits per heavy atom. The number of benzene rings is 3. The number of methoxy groups -OCH3 is 3. The zero-order valence-electron chi connectivity index (χ0n) is 18.6.